The molecule has 0 atom stereocenters. The molecule has 2 aromatic carbocycles. The van der Waals surface area contributed by atoms with Crippen LogP contribution in [0.25, 0.3) is 11.1 Å². The fourth-order valence-electron chi connectivity index (χ4n) is 3.56. The lowest BCUT2D eigenvalue weighted by atomic mass is 10.1. The lowest BCUT2D eigenvalue weighted by Crippen LogP contribution is -2.25. The van der Waals surface area contributed by atoms with Gasteiger partial charge in [-0.2, -0.15) is 13.2 Å². The maximum Gasteiger partial charge on any atom is 0.416 e. The molecular weight excluding hydrogens is 413 g/mol. The van der Waals surface area contributed by atoms with E-state index in [1.54, 1.807) is 18.3 Å². The van der Waals surface area contributed by atoms with E-state index in [4.69, 9.17) is 4.74 Å². The van der Waals surface area contributed by atoms with Gasteiger partial charge in [0.1, 0.15) is 18.1 Å². The molecule has 2 heterocycles. The third kappa shape index (κ3) is 5.89. The molecule has 0 N–H and O–H groups in total. The fourth-order valence-corrected chi connectivity index (χ4v) is 3.56. The standard InChI is InChI=1S/C26H23F3N2O/c27-26(28,29)23-9-6-21(7-10-23)22-8-12-24(30-19-22)11-3-20-4-13-25(14-5-20)32-18-17-31-15-1-2-16-31/h4-10,12-14,19H,1-2,15-18H2. The number of ether oxygens (including phenoxy) is 1. The predicted molar refractivity (Wildman–Crippen MR) is 118 cm³/mol. The van der Waals surface area contributed by atoms with Gasteiger partial charge in [-0.1, -0.05) is 24.1 Å². The quantitative estimate of drug-likeness (QED) is 0.484. The predicted octanol–water partition coefficient (Wildman–Crippen LogP) is 5.64. The molecule has 1 aliphatic heterocycles. The molecule has 0 bridgehead atoms. The molecule has 0 unspecified atom stereocenters. The van der Waals surface area contributed by atoms with Crippen LogP contribution in [0.5, 0.6) is 5.75 Å². The second-order valence-electron chi connectivity index (χ2n) is 7.68. The van der Waals surface area contributed by atoms with Crippen molar-refractivity contribution in [1.82, 2.24) is 9.88 Å². The van der Waals surface area contributed by atoms with Gasteiger partial charge in [-0.05, 0) is 79.9 Å². The van der Waals surface area contributed by atoms with E-state index in [0.29, 0.717) is 17.9 Å². The zero-order valence-corrected chi connectivity index (χ0v) is 17.5. The molecular formula is C26H23F3N2O. The Morgan fingerprint density at radius 2 is 1.53 bits per heavy atom. The van der Waals surface area contributed by atoms with Crippen molar-refractivity contribution in [3.05, 3.63) is 83.7 Å². The fraction of sp³-hybridized carbons (Fsp3) is 0.269. The highest BCUT2D eigenvalue weighted by Crippen LogP contribution is 2.30. The monoisotopic (exact) mass is 436 g/mol. The Morgan fingerprint density at radius 3 is 2.16 bits per heavy atom. The summed E-state index contributed by atoms with van der Waals surface area (Å²) >= 11 is 0. The molecule has 0 spiro atoms. The molecule has 0 aliphatic carbocycles. The number of pyridine rings is 1. The minimum atomic E-state index is -4.34. The SMILES string of the molecule is FC(F)(F)c1ccc(-c2ccc(C#Cc3ccc(OCCN4CCCC4)cc3)nc2)cc1. The van der Waals surface area contributed by atoms with E-state index in [9.17, 15) is 13.2 Å². The van der Waals surface area contributed by atoms with Gasteiger partial charge in [-0.3, -0.25) is 4.90 Å². The van der Waals surface area contributed by atoms with Crippen molar-refractivity contribution >= 4 is 0 Å². The van der Waals surface area contributed by atoms with Crippen LogP contribution < -0.4 is 4.74 Å². The second kappa shape index (κ2) is 9.88. The van der Waals surface area contributed by atoms with E-state index in [1.807, 2.05) is 24.3 Å². The maximum absolute atomic E-state index is 12.7. The van der Waals surface area contributed by atoms with E-state index >= 15 is 0 Å². The molecule has 1 aliphatic rings. The molecule has 0 amide bonds. The van der Waals surface area contributed by atoms with Gasteiger partial charge in [-0.25, -0.2) is 4.98 Å². The molecule has 32 heavy (non-hydrogen) atoms. The van der Waals surface area contributed by atoms with Crippen molar-refractivity contribution < 1.29 is 17.9 Å². The van der Waals surface area contributed by atoms with E-state index in [0.717, 1.165) is 48.6 Å². The summed E-state index contributed by atoms with van der Waals surface area (Å²) in [7, 11) is 0. The molecule has 3 nitrogen and oxygen atoms in total. The molecule has 4 rings (SSSR count). The van der Waals surface area contributed by atoms with Crippen LogP contribution in [-0.2, 0) is 6.18 Å². The Morgan fingerprint density at radius 1 is 0.844 bits per heavy atom. The van der Waals surface area contributed by atoms with E-state index in [-0.39, 0.29) is 0 Å². The van der Waals surface area contributed by atoms with Crippen molar-refractivity contribution in [3.63, 3.8) is 0 Å². The van der Waals surface area contributed by atoms with Crippen molar-refractivity contribution in [1.29, 1.82) is 0 Å². The molecule has 1 saturated heterocycles. The zero-order valence-electron chi connectivity index (χ0n) is 17.5. The number of alkyl halides is 3. The van der Waals surface area contributed by atoms with Gasteiger partial charge < -0.3 is 4.74 Å². The summed E-state index contributed by atoms with van der Waals surface area (Å²) in [5, 5.41) is 0. The normalized spacial score (nSPS) is 14.1. The summed E-state index contributed by atoms with van der Waals surface area (Å²) in [6, 6.07) is 16.2. The first-order valence-corrected chi connectivity index (χ1v) is 10.6. The van der Waals surface area contributed by atoms with Crippen LogP contribution in [0.15, 0.2) is 66.9 Å². The topological polar surface area (TPSA) is 25.4 Å². The Balaban J connectivity index is 1.33. The van der Waals surface area contributed by atoms with Gasteiger partial charge in [-0.15, -0.1) is 0 Å². The molecule has 0 saturated carbocycles. The molecule has 6 heteroatoms. The van der Waals surface area contributed by atoms with Crippen LogP contribution >= 0.6 is 0 Å². The average Bonchev–Trinajstić information content (AvgIpc) is 3.32. The number of likely N-dealkylation sites (tertiary alicyclic amines) is 1. The van der Waals surface area contributed by atoms with E-state index in [2.05, 4.69) is 21.7 Å². The van der Waals surface area contributed by atoms with Crippen LogP contribution in [0.2, 0.25) is 0 Å². The lowest BCUT2D eigenvalue weighted by Gasteiger charge is -2.14. The average molecular weight is 436 g/mol. The molecule has 1 aromatic heterocycles. The van der Waals surface area contributed by atoms with E-state index in [1.165, 1.54) is 25.0 Å². The first-order chi connectivity index (χ1) is 15.5. The summed E-state index contributed by atoms with van der Waals surface area (Å²) in [5.41, 5.74) is 2.18. The molecule has 0 radical (unpaired) electrons. The Bertz CT molecular complexity index is 1070. The van der Waals surface area contributed by atoms with Crippen LogP contribution in [0.3, 0.4) is 0 Å². The minimum Gasteiger partial charge on any atom is -0.492 e. The smallest absolute Gasteiger partial charge is 0.416 e. The Labute approximate surface area is 185 Å². The van der Waals surface area contributed by atoms with Crippen LogP contribution in [0.1, 0.15) is 29.7 Å². The van der Waals surface area contributed by atoms with Crippen LogP contribution in [0.4, 0.5) is 13.2 Å². The third-order valence-electron chi connectivity index (χ3n) is 5.37. The second-order valence-corrected chi connectivity index (χ2v) is 7.68. The van der Waals surface area contributed by atoms with Gasteiger partial charge in [0.15, 0.2) is 0 Å². The number of benzene rings is 2. The minimum absolute atomic E-state index is 0.589. The summed E-state index contributed by atoms with van der Waals surface area (Å²) in [6.45, 7) is 3.96. The number of rotatable bonds is 5. The lowest BCUT2D eigenvalue weighted by molar-refractivity contribution is -0.137. The van der Waals surface area contributed by atoms with Gasteiger partial charge in [0.05, 0.1) is 5.56 Å². The Hall–Kier alpha value is -3.30. The first-order valence-electron chi connectivity index (χ1n) is 10.6. The zero-order chi connectivity index (χ0) is 22.4. The molecule has 164 valence electrons. The highest BCUT2D eigenvalue weighted by Gasteiger charge is 2.29. The summed E-state index contributed by atoms with van der Waals surface area (Å²) < 4.78 is 43.9. The molecule has 3 aromatic rings. The van der Waals surface area contributed by atoms with Crippen LogP contribution in [-0.4, -0.2) is 36.1 Å². The Kier molecular flexibility index (Phi) is 6.77. The third-order valence-corrected chi connectivity index (χ3v) is 5.37. The highest BCUT2D eigenvalue weighted by atomic mass is 19.4. The summed E-state index contributed by atoms with van der Waals surface area (Å²) in [4.78, 5) is 6.72. The number of hydrogen-bond donors (Lipinski definition) is 0. The number of nitrogens with zero attached hydrogens (tertiary/aromatic N) is 2. The maximum atomic E-state index is 12.7. The highest BCUT2D eigenvalue weighted by molar-refractivity contribution is 5.63. The first kappa shape index (κ1) is 21.9. The van der Waals surface area contributed by atoms with Gasteiger partial charge in [0.2, 0.25) is 0 Å². The number of halogens is 3. The van der Waals surface area contributed by atoms with Crippen molar-refractivity contribution in [2.45, 2.75) is 19.0 Å². The van der Waals surface area contributed by atoms with Crippen molar-refractivity contribution in [2.75, 3.05) is 26.2 Å². The van der Waals surface area contributed by atoms with E-state index < -0.39 is 11.7 Å². The van der Waals surface area contributed by atoms with Gasteiger partial charge >= 0.3 is 6.18 Å². The largest absolute Gasteiger partial charge is 0.492 e. The number of hydrogen-bond acceptors (Lipinski definition) is 3. The van der Waals surface area contributed by atoms with Crippen molar-refractivity contribution in [2.24, 2.45) is 0 Å². The van der Waals surface area contributed by atoms with Crippen LogP contribution in [0, 0.1) is 11.8 Å². The summed E-state index contributed by atoms with van der Waals surface area (Å²) in [5.74, 6) is 6.91. The van der Waals surface area contributed by atoms with Crippen molar-refractivity contribution in [3.8, 4) is 28.7 Å². The molecule has 1 fully saturated rings. The van der Waals surface area contributed by atoms with Gasteiger partial charge in [0, 0.05) is 23.9 Å². The number of aromatic nitrogens is 1. The van der Waals surface area contributed by atoms with Gasteiger partial charge in [0.25, 0.3) is 0 Å². The summed E-state index contributed by atoms with van der Waals surface area (Å²) in [6.07, 6.45) is -0.169.